The second-order valence-electron chi connectivity index (χ2n) is 14.1. The van der Waals surface area contributed by atoms with E-state index in [1.807, 2.05) is 34.8 Å². The number of thiophene rings is 2. The lowest BCUT2D eigenvalue weighted by molar-refractivity contribution is 0.855. The fourth-order valence-electron chi connectivity index (χ4n) is 8.14. The van der Waals surface area contributed by atoms with Crippen molar-refractivity contribution < 1.29 is 0 Å². The monoisotopic (exact) mass is 728 g/mol. The highest BCUT2D eigenvalue weighted by Crippen LogP contribution is 2.40. The minimum absolute atomic E-state index is 0.278. The predicted molar refractivity (Wildman–Crippen MR) is 242 cm³/mol. The van der Waals surface area contributed by atoms with Crippen molar-refractivity contribution in [3.63, 3.8) is 0 Å². The van der Waals surface area contributed by atoms with Crippen LogP contribution >= 0.6 is 22.7 Å². The van der Waals surface area contributed by atoms with Gasteiger partial charge in [0.1, 0.15) is 0 Å². The maximum atomic E-state index is 4.56. The van der Waals surface area contributed by atoms with Gasteiger partial charge in [-0.25, -0.2) is 0 Å². The van der Waals surface area contributed by atoms with E-state index >= 15 is 0 Å². The largest absolute Gasteiger partial charge is 0.136 e. The Morgan fingerprint density at radius 3 is 2.09 bits per heavy atom. The van der Waals surface area contributed by atoms with Gasteiger partial charge in [-0.3, -0.25) is 0 Å². The zero-order valence-electron chi connectivity index (χ0n) is 30.6. The number of rotatable bonds is 5. The third-order valence-corrected chi connectivity index (χ3v) is 13.2. The average Bonchev–Trinajstić information content (AvgIpc) is 3.77. The highest BCUT2D eigenvalue weighted by Gasteiger charge is 2.18. The molecule has 0 nitrogen and oxygen atoms in total. The minimum atomic E-state index is 0.278. The maximum Gasteiger partial charge on any atom is 0.0434 e. The standard InChI is InChI=1S/C52H40S2/c1-5-36(30-34(3)39-18-8-6-7-9-19-40(42-21-13-12-20-41(39)42)35(4)31-37-17-11-10-16-33(37)2)38-24-28-49-47(32-38)51-44-25-26-45-43-22-14-15-23-48(43)54-52(45)46(44)27-29-50(51)53-49/h5-23,25-32,38H,2,4,24H2,1,3H3/b7-6?,8-6?,9-7?,18-8?,19-9?,34-30+,36-5+,37-31-,39-18?,40-19?,41-39?,42-40?. The summed E-state index contributed by atoms with van der Waals surface area (Å²) in [6.45, 7) is 13.2. The molecule has 0 saturated heterocycles. The molecule has 2 heterocycles. The smallest absolute Gasteiger partial charge is 0.0434 e. The Labute approximate surface area is 324 Å². The Balaban J connectivity index is 1.17. The van der Waals surface area contributed by atoms with Gasteiger partial charge in [-0.2, -0.15) is 0 Å². The first-order valence-electron chi connectivity index (χ1n) is 18.6. The van der Waals surface area contributed by atoms with Gasteiger partial charge in [-0.05, 0) is 98.1 Å². The fraction of sp³-hybridized carbons (Fsp3) is 0.0769. The Hall–Kier alpha value is -5.80. The molecule has 1 atom stereocenters. The lowest BCUT2D eigenvalue weighted by atomic mass is 9.88. The molecule has 0 amide bonds. The van der Waals surface area contributed by atoms with Crippen molar-refractivity contribution in [3.05, 3.63) is 189 Å². The van der Waals surface area contributed by atoms with E-state index in [2.05, 4.69) is 179 Å². The summed E-state index contributed by atoms with van der Waals surface area (Å²) < 4.78 is 5.49. The van der Waals surface area contributed by atoms with Gasteiger partial charge in [0.25, 0.3) is 0 Å². The molecule has 1 unspecified atom stereocenters. The first-order valence-corrected chi connectivity index (χ1v) is 20.2. The van der Waals surface area contributed by atoms with Crippen molar-refractivity contribution in [1.29, 1.82) is 0 Å². The Bertz CT molecular complexity index is 3200. The molecule has 0 radical (unpaired) electrons. The van der Waals surface area contributed by atoms with E-state index in [-0.39, 0.29) is 5.92 Å². The quantitative estimate of drug-likeness (QED) is 0.155. The van der Waals surface area contributed by atoms with Gasteiger partial charge >= 0.3 is 0 Å². The molecule has 1 aliphatic carbocycles. The first-order chi connectivity index (χ1) is 26.5. The highest BCUT2D eigenvalue weighted by molar-refractivity contribution is 7.26. The number of hydrogen-bond acceptors (Lipinski definition) is 2. The topological polar surface area (TPSA) is 0 Å². The number of allylic oxidation sites excluding steroid dienone is 5. The van der Waals surface area contributed by atoms with Crippen LogP contribution in [0.15, 0.2) is 158 Å². The molecule has 9 rings (SSSR count). The zero-order chi connectivity index (χ0) is 36.8. The van der Waals surface area contributed by atoms with Crippen LogP contribution in [0.3, 0.4) is 0 Å². The van der Waals surface area contributed by atoms with Crippen LogP contribution in [-0.2, 0) is 0 Å². The van der Waals surface area contributed by atoms with E-state index in [1.54, 1.807) is 0 Å². The molecule has 54 heavy (non-hydrogen) atoms. The summed E-state index contributed by atoms with van der Waals surface area (Å²) in [5.74, 6) is 0.278. The molecule has 2 heteroatoms. The van der Waals surface area contributed by atoms with Gasteiger partial charge in [0.15, 0.2) is 0 Å². The summed E-state index contributed by atoms with van der Waals surface area (Å²) in [6, 6.07) is 48.0. The molecule has 260 valence electrons. The van der Waals surface area contributed by atoms with Crippen LogP contribution in [0.2, 0.25) is 0 Å². The fourth-order valence-corrected chi connectivity index (χ4v) is 10.5. The molecule has 0 fully saturated rings. The van der Waals surface area contributed by atoms with Crippen molar-refractivity contribution in [2.75, 3.05) is 0 Å². The predicted octanol–water partition coefficient (Wildman–Crippen LogP) is 12.2. The van der Waals surface area contributed by atoms with Crippen molar-refractivity contribution >= 4 is 110 Å². The van der Waals surface area contributed by atoms with Crippen LogP contribution in [0.25, 0.3) is 87.8 Å². The molecule has 0 spiro atoms. The molecule has 0 N–H and O–H groups in total. The summed E-state index contributed by atoms with van der Waals surface area (Å²) in [5.41, 5.74) is 5.81. The SMILES string of the molecule is C=C(/C=c1/ccccc1=C)c1ccccccc(/C(C)=C/C(=C\C)C2C=c3c(sc4ccc5c(ccc6c7ccccc7sc65)c34)=CC2)c2ccccc12. The number of fused-ring (bicyclic) bond motifs is 10. The molecule has 0 aliphatic heterocycles. The van der Waals surface area contributed by atoms with Crippen LogP contribution in [0.1, 0.15) is 31.4 Å². The van der Waals surface area contributed by atoms with Crippen LogP contribution < -0.4 is 20.2 Å². The van der Waals surface area contributed by atoms with Gasteiger partial charge in [0.05, 0.1) is 0 Å². The van der Waals surface area contributed by atoms with E-state index in [9.17, 15) is 0 Å². The van der Waals surface area contributed by atoms with Crippen LogP contribution in [0, 0.1) is 5.92 Å². The van der Waals surface area contributed by atoms with E-state index < -0.39 is 0 Å². The second kappa shape index (κ2) is 14.2. The summed E-state index contributed by atoms with van der Waals surface area (Å²) in [6.07, 6.45) is 12.9. The molecule has 2 aromatic heterocycles. The summed E-state index contributed by atoms with van der Waals surface area (Å²) in [4.78, 5) is 0. The van der Waals surface area contributed by atoms with Crippen molar-refractivity contribution in [3.8, 4) is 0 Å². The van der Waals surface area contributed by atoms with Crippen LogP contribution in [-0.4, -0.2) is 0 Å². The molecular formula is C52H40S2. The molecule has 0 bridgehead atoms. The number of hydrogen-bond donors (Lipinski definition) is 0. The van der Waals surface area contributed by atoms with Crippen molar-refractivity contribution in [2.45, 2.75) is 20.3 Å². The minimum Gasteiger partial charge on any atom is -0.136 e. The maximum absolute atomic E-state index is 4.56. The van der Waals surface area contributed by atoms with Gasteiger partial charge in [0, 0.05) is 46.1 Å². The molecule has 8 aromatic rings. The summed E-state index contributed by atoms with van der Waals surface area (Å²) in [7, 11) is 0. The average molecular weight is 729 g/mol. The van der Waals surface area contributed by atoms with Crippen LogP contribution in [0.5, 0.6) is 0 Å². The van der Waals surface area contributed by atoms with Gasteiger partial charge in [0.2, 0.25) is 0 Å². The number of benzene rings is 5. The Morgan fingerprint density at radius 2 is 1.30 bits per heavy atom. The van der Waals surface area contributed by atoms with E-state index in [1.165, 1.54) is 72.9 Å². The Kier molecular flexibility index (Phi) is 8.95. The third-order valence-electron chi connectivity index (χ3n) is 10.8. The van der Waals surface area contributed by atoms with Crippen molar-refractivity contribution in [1.82, 2.24) is 0 Å². The normalized spacial score (nSPS) is 15.0. The van der Waals surface area contributed by atoms with Gasteiger partial charge in [-0.15, -0.1) is 22.7 Å². The second-order valence-corrected chi connectivity index (χ2v) is 16.3. The Morgan fingerprint density at radius 1 is 0.648 bits per heavy atom. The molecular weight excluding hydrogens is 689 g/mol. The molecule has 6 aromatic carbocycles. The lowest BCUT2D eigenvalue weighted by Gasteiger charge is -2.16. The van der Waals surface area contributed by atoms with Crippen molar-refractivity contribution in [2.24, 2.45) is 5.92 Å². The van der Waals surface area contributed by atoms with E-state index in [0.717, 1.165) is 33.4 Å². The zero-order valence-corrected chi connectivity index (χ0v) is 32.2. The highest BCUT2D eigenvalue weighted by atomic mass is 32.1. The molecule has 0 saturated carbocycles. The van der Waals surface area contributed by atoms with Gasteiger partial charge < -0.3 is 0 Å². The summed E-state index contributed by atoms with van der Waals surface area (Å²) in [5, 5.41) is 12.6. The summed E-state index contributed by atoms with van der Waals surface area (Å²) >= 11 is 3.84. The lowest BCUT2D eigenvalue weighted by Crippen LogP contribution is -2.25. The van der Waals surface area contributed by atoms with E-state index in [4.69, 9.17) is 0 Å². The third kappa shape index (κ3) is 6.02. The molecule has 1 aliphatic rings. The van der Waals surface area contributed by atoms with Gasteiger partial charge in [-0.1, -0.05) is 159 Å². The first kappa shape index (κ1) is 34.0. The van der Waals surface area contributed by atoms with Crippen LogP contribution in [0.4, 0.5) is 0 Å². The van der Waals surface area contributed by atoms with E-state index in [0.29, 0.717) is 0 Å².